The molecule has 19 heavy (non-hydrogen) atoms. The minimum Gasteiger partial charge on any atom is -0.506 e. The molecule has 3 nitrogen and oxygen atoms in total. The van der Waals surface area contributed by atoms with Gasteiger partial charge in [-0.1, -0.05) is 27.5 Å². The fraction of sp³-hybridized carbons (Fsp3) is 0.500. The maximum Gasteiger partial charge on any atom is 0.254 e. The molecule has 104 valence electrons. The molecule has 1 fully saturated rings. The van der Waals surface area contributed by atoms with Crippen molar-refractivity contribution in [3.63, 3.8) is 0 Å². The Labute approximate surface area is 126 Å². The summed E-state index contributed by atoms with van der Waals surface area (Å²) in [5.74, 6) is 0.0226. The number of hydrogen-bond acceptors (Lipinski definition) is 2. The van der Waals surface area contributed by atoms with Crippen LogP contribution in [0, 0.1) is 0 Å². The molecule has 1 saturated heterocycles. The van der Waals surface area contributed by atoms with Crippen molar-refractivity contribution in [1.82, 2.24) is 4.90 Å². The van der Waals surface area contributed by atoms with E-state index in [0.717, 1.165) is 37.6 Å². The second-order valence-electron chi connectivity index (χ2n) is 4.79. The molecule has 1 N–H and O–H groups in total. The average Bonchev–Trinajstić information content (AvgIpc) is 2.87. The normalized spacial score (nSPS) is 18.8. The molecule has 1 unspecified atom stereocenters. The molecule has 1 amide bonds. The van der Waals surface area contributed by atoms with Crippen LogP contribution in [-0.2, 0) is 0 Å². The van der Waals surface area contributed by atoms with Crippen molar-refractivity contribution in [3.8, 4) is 5.75 Å². The number of halogens is 2. The molecule has 5 heteroatoms. The molecule has 1 heterocycles. The van der Waals surface area contributed by atoms with Crippen LogP contribution in [-0.4, -0.2) is 33.8 Å². The van der Waals surface area contributed by atoms with Crippen LogP contribution in [0.3, 0.4) is 0 Å². The third kappa shape index (κ3) is 3.42. The minimum absolute atomic E-state index is 0.00970. The maximum atomic E-state index is 12.5. The highest BCUT2D eigenvalue weighted by Crippen LogP contribution is 2.27. The van der Waals surface area contributed by atoms with Crippen LogP contribution in [0.4, 0.5) is 0 Å². The second kappa shape index (κ2) is 6.62. The summed E-state index contributed by atoms with van der Waals surface area (Å²) < 4.78 is 0. The van der Waals surface area contributed by atoms with Gasteiger partial charge in [0.2, 0.25) is 0 Å². The Kier molecular flexibility index (Phi) is 5.11. The standard InChI is InChI=1S/C14H17BrClNO2/c15-7-1-3-11-4-2-8-17(11)14(19)10-5-6-13(18)12(16)9-10/h5-6,9,11,18H,1-4,7-8H2. The Bertz CT molecular complexity index is 467. The van der Waals surface area contributed by atoms with Gasteiger partial charge < -0.3 is 10.0 Å². The lowest BCUT2D eigenvalue weighted by atomic mass is 10.1. The molecule has 0 bridgehead atoms. The Morgan fingerprint density at radius 2 is 2.32 bits per heavy atom. The molecule has 0 radical (unpaired) electrons. The van der Waals surface area contributed by atoms with Gasteiger partial charge in [-0.15, -0.1) is 0 Å². The Morgan fingerprint density at radius 3 is 3.00 bits per heavy atom. The van der Waals surface area contributed by atoms with Crippen LogP contribution in [0.25, 0.3) is 0 Å². The first kappa shape index (κ1) is 14.7. The van der Waals surface area contributed by atoms with Gasteiger partial charge in [-0.25, -0.2) is 0 Å². The molecular weight excluding hydrogens is 330 g/mol. The largest absolute Gasteiger partial charge is 0.506 e. The maximum absolute atomic E-state index is 12.5. The van der Waals surface area contributed by atoms with Crippen LogP contribution in [0.5, 0.6) is 5.75 Å². The monoisotopic (exact) mass is 345 g/mol. The highest BCUT2D eigenvalue weighted by atomic mass is 79.9. The predicted molar refractivity (Wildman–Crippen MR) is 80.2 cm³/mol. The number of carbonyl (C=O) groups excluding carboxylic acids is 1. The van der Waals surface area contributed by atoms with Gasteiger partial charge in [-0.3, -0.25) is 4.79 Å². The number of amides is 1. The molecule has 0 aliphatic carbocycles. The number of aromatic hydroxyl groups is 1. The molecule has 1 aromatic carbocycles. The zero-order valence-corrected chi connectivity index (χ0v) is 13.0. The number of alkyl halides is 1. The van der Waals surface area contributed by atoms with Gasteiger partial charge in [0.25, 0.3) is 5.91 Å². The van der Waals surface area contributed by atoms with Crippen LogP contribution in [0.15, 0.2) is 18.2 Å². The van der Waals surface area contributed by atoms with Crippen molar-refractivity contribution in [2.45, 2.75) is 31.7 Å². The fourth-order valence-electron chi connectivity index (χ4n) is 2.52. The molecule has 0 saturated carbocycles. The minimum atomic E-state index is 0.00970. The Morgan fingerprint density at radius 1 is 1.53 bits per heavy atom. The van der Waals surface area contributed by atoms with Gasteiger partial charge in [-0.2, -0.15) is 0 Å². The zero-order valence-electron chi connectivity index (χ0n) is 10.6. The molecule has 1 atom stereocenters. The zero-order chi connectivity index (χ0) is 13.8. The van der Waals surface area contributed by atoms with Gasteiger partial charge in [0.05, 0.1) is 5.02 Å². The summed E-state index contributed by atoms with van der Waals surface area (Å²) in [6.07, 6.45) is 4.24. The van der Waals surface area contributed by atoms with Gasteiger partial charge in [0.15, 0.2) is 0 Å². The molecular formula is C14H17BrClNO2. The van der Waals surface area contributed by atoms with Crippen molar-refractivity contribution in [3.05, 3.63) is 28.8 Å². The summed E-state index contributed by atoms with van der Waals surface area (Å²) in [6.45, 7) is 0.810. The van der Waals surface area contributed by atoms with Gasteiger partial charge in [0.1, 0.15) is 5.75 Å². The number of phenols is 1. The lowest BCUT2D eigenvalue weighted by molar-refractivity contribution is 0.0730. The summed E-state index contributed by atoms with van der Waals surface area (Å²) in [5.41, 5.74) is 0.550. The molecule has 1 aliphatic rings. The van der Waals surface area contributed by atoms with Gasteiger partial charge in [0, 0.05) is 23.5 Å². The van der Waals surface area contributed by atoms with Crippen molar-refractivity contribution in [2.75, 3.05) is 11.9 Å². The number of likely N-dealkylation sites (tertiary alicyclic amines) is 1. The smallest absolute Gasteiger partial charge is 0.254 e. The van der Waals surface area contributed by atoms with E-state index in [1.165, 1.54) is 6.07 Å². The fourth-order valence-corrected chi connectivity index (χ4v) is 3.03. The van der Waals surface area contributed by atoms with Crippen molar-refractivity contribution in [1.29, 1.82) is 0 Å². The summed E-state index contributed by atoms with van der Waals surface area (Å²) in [4.78, 5) is 14.4. The van der Waals surface area contributed by atoms with E-state index in [4.69, 9.17) is 11.6 Å². The summed E-state index contributed by atoms with van der Waals surface area (Å²) >= 11 is 9.29. The van der Waals surface area contributed by atoms with Crippen molar-refractivity contribution < 1.29 is 9.90 Å². The quantitative estimate of drug-likeness (QED) is 0.842. The van der Waals surface area contributed by atoms with Crippen LogP contribution in [0.2, 0.25) is 5.02 Å². The molecule has 1 aliphatic heterocycles. The van der Waals surface area contributed by atoms with Crippen LogP contribution >= 0.6 is 27.5 Å². The first-order chi connectivity index (χ1) is 9.13. The van der Waals surface area contributed by atoms with Gasteiger partial charge >= 0.3 is 0 Å². The Hall–Kier alpha value is -0.740. The molecule has 1 aromatic rings. The highest BCUT2D eigenvalue weighted by molar-refractivity contribution is 9.09. The first-order valence-electron chi connectivity index (χ1n) is 6.49. The van der Waals surface area contributed by atoms with E-state index in [2.05, 4.69) is 15.9 Å². The SMILES string of the molecule is O=C(c1ccc(O)c(Cl)c1)N1CCCC1CCCBr. The van der Waals surface area contributed by atoms with Crippen molar-refractivity contribution >= 4 is 33.4 Å². The van der Waals surface area contributed by atoms with E-state index in [-0.39, 0.29) is 16.7 Å². The van der Waals surface area contributed by atoms with Crippen molar-refractivity contribution in [2.24, 2.45) is 0 Å². The third-order valence-electron chi connectivity index (χ3n) is 3.50. The lowest BCUT2D eigenvalue weighted by Crippen LogP contribution is -2.35. The van der Waals surface area contributed by atoms with E-state index in [9.17, 15) is 9.90 Å². The molecule has 0 aromatic heterocycles. The number of hydrogen-bond donors (Lipinski definition) is 1. The summed E-state index contributed by atoms with van der Waals surface area (Å²) in [6, 6.07) is 4.97. The number of nitrogens with zero attached hydrogens (tertiary/aromatic N) is 1. The van der Waals surface area contributed by atoms with E-state index in [1.807, 2.05) is 4.90 Å². The topological polar surface area (TPSA) is 40.5 Å². The highest BCUT2D eigenvalue weighted by Gasteiger charge is 2.29. The first-order valence-corrected chi connectivity index (χ1v) is 7.99. The number of rotatable bonds is 4. The number of phenolic OH excluding ortho intramolecular Hbond substituents is 1. The second-order valence-corrected chi connectivity index (χ2v) is 5.99. The van der Waals surface area contributed by atoms with E-state index < -0.39 is 0 Å². The predicted octanol–water partition coefficient (Wildman–Crippen LogP) is 3.83. The van der Waals surface area contributed by atoms with E-state index >= 15 is 0 Å². The lowest BCUT2D eigenvalue weighted by Gasteiger charge is -2.24. The third-order valence-corrected chi connectivity index (χ3v) is 4.37. The molecule has 0 spiro atoms. The summed E-state index contributed by atoms with van der Waals surface area (Å²) in [5, 5.41) is 10.6. The van der Waals surface area contributed by atoms with Crippen LogP contribution in [0.1, 0.15) is 36.0 Å². The average molecular weight is 347 g/mol. The van der Waals surface area contributed by atoms with Gasteiger partial charge in [-0.05, 0) is 43.9 Å². The van der Waals surface area contributed by atoms with Crippen LogP contribution < -0.4 is 0 Å². The Balaban J connectivity index is 2.11. The number of carbonyl (C=O) groups is 1. The molecule has 2 rings (SSSR count). The van der Waals surface area contributed by atoms with E-state index in [1.54, 1.807) is 12.1 Å². The number of benzene rings is 1. The summed E-state index contributed by atoms with van der Waals surface area (Å²) in [7, 11) is 0. The van der Waals surface area contributed by atoms with E-state index in [0.29, 0.717) is 11.6 Å².